The Balaban J connectivity index is 2.36. The predicted molar refractivity (Wildman–Crippen MR) is 92.4 cm³/mol. The third-order valence-corrected chi connectivity index (χ3v) is 6.02. The molecule has 2 aromatic heterocycles. The average Bonchev–Trinajstić information content (AvgIpc) is 2.91. The van der Waals surface area contributed by atoms with Gasteiger partial charge >= 0.3 is 6.01 Å². The molecule has 0 fully saturated rings. The van der Waals surface area contributed by atoms with Crippen molar-refractivity contribution in [3.8, 4) is 11.9 Å². The summed E-state index contributed by atoms with van der Waals surface area (Å²) in [5.41, 5.74) is 0.210. The predicted octanol–water partition coefficient (Wildman–Crippen LogP) is 2.29. The van der Waals surface area contributed by atoms with Crippen molar-refractivity contribution in [2.45, 2.75) is 4.90 Å². The SMILES string of the molecule is COc1nc(OC)c2cc(I)n(S(=O)(=O)c3ccccc3)c2n1. The Morgan fingerprint density at radius 3 is 2.39 bits per heavy atom. The summed E-state index contributed by atoms with van der Waals surface area (Å²) in [6.07, 6.45) is 0. The summed E-state index contributed by atoms with van der Waals surface area (Å²) in [7, 11) is -0.932. The number of methoxy groups -OCH3 is 2. The van der Waals surface area contributed by atoms with Crippen LogP contribution in [0.2, 0.25) is 0 Å². The summed E-state index contributed by atoms with van der Waals surface area (Å²) in [6, 6.07) is 9.86. The van der Waals surface area contributed by atoms with Crippen LogP contribution in [0, 0.1) is 3.70 Å². The van der Waals surface area contributed by atoms with Gasteiger partial charge in [-0.15, -0.1) is 0 Å². The normalized spacial score (nSPS) is 11.6. The van der Waals surface area contributed by atoms with E-state index >= 15 is 0 Å². The van der Waals surface area contributed by atoms with E-state index in [0.717, 1.165) is 3.97 Å². The maximum Gasteiger partial charge on any atom is 0.321 e. The third-order valence-electron chi connectivity index (χ3n) is 3.18. The van der Waals surface area contributed by atoms with Crippen LogP contribution in [0.1, 0.15) is 0 Å². The first-order valence-electron chi connectivity index (χ1n) is 6.46. The second kappa shape index (κ2) is 5.96. The topological polar surface area (TPSA) is 83.3 Å². The Morgan fingerprint density at radius 2 is 1.78 bits per heavy atom. The van der Waals surface area contributed by atoms with Crippen molar-refractivity contribution in [2.24, 2.45) is 0 Å². The van der Waals surface area contributed by atoms with E-state index in [4.69, 9.17) is 9.47 Å². The molecule has 2 heterocycles. The third kappa shape index (κ3) is 2.63. The molecular weight excluding hydrogens is 433 g/mol. The van der Waals surface area contributed by atoms with Gasteiger partial charge in [0.2, 0.25) is 5.88 Å². The smallest absolute Gasteiger partial charge is 0.321 e. The zero-order valence-electron chi connectivity index (χ0n) is 12.2. The summed E-state index contributed by atoms with van der Waals surface area (Å²) >= 11 is 1.94. The van der Waals surface area contributed by atoms with E-state index in [-0.39, 0.29) is 22.4 Å². The number of benzene rings is 1. The highest BCUT2D eigenvalue weighted by molar-refractivity contribution is 14.1. The second-order valence-electron chi connectivity index (χ2n) is 4.51. The maximum absolute atomic E-state index is 12.9. The molecule has 120 valence electrons. The first-order valence-corrected chi connectivity index (χ1v) is 8.98. The number of fused-ring (bicyclic) bond motifs is 1. The molecule has 0 unspecified atom stereocenters. The molecule has 0 spiro atoms. The second-order valence-corrected chi connectivity index (χ2v) is 7.40. The average molecular weight is 445 g/mol. The van der Waals surface area contributed by atoms with Gasteiger partial charge in [-0.2, -0.15) is 9.97 Å². The fourth-order valence-corrected chi connectivity index (χ4v) is 4.83. The lowest BCUT2D eigenvalue weighted by Crippen LogP contribution is -2.15. The van der Waals surface area contributed by atoms with Crippen LogP contribution in [0.5, 0.6) is 11.9 Å². The molecule has 9 heteroatoms. The van der Waals surface area contributed by atoms with Crippen molar-refractivity contribution in [3.63, 3.8) is 0 Å². The minimum Gasteiger partial charge on any atom is -0.480 e. The Hall–Kier alpha value is -1.88. The van der Waals surface area contributed by atoms with Gasteiger partial charge < -0.3 is 9.47 Å². The van der Waals surface area contributed by atoms with E-state index < -0.39 is 10.0 Å². The van der Waals surface area contributed by atoms with Crippen LogP contribution >= 0.6 is 22.6 Å². The summed E-state index contributed by atoms with van der Waals surface area (Å²) in [4.78, 5) is 8.43. The largest absolute Gasteiger partial charge is 0.480 e. The molecule has 0 aliphatic rings. The van der Waals surface area contributed by atoms with Gasteiger partial charge in [-0.05, 0) is 40.8 Å². The number of rotatable bonds is 4. The van der Waals surface area contributed by atoms with E-state index in [9.17, 15) is 8.42 Å². The highest BCUT2D eigenvalue weighted by Gasteiger charge is 2.25. The molecule has 0 atom stereocenters. The van der Waals surface area contributed by atoms with Gasteiger partial charge in [-0.25, -0.2) is 12.4 Å². The summed E-state index contributed by atoms with van der Waals surface area (Å²) < 4.78 is 37.8. The fraction of sp³-hybridized carbons (Fsp3) is 0.143. The molecule has 7 nitrogen and oxygen atoms in total. The monoisotopic (exact) mass is 445 g/mol. The quantitative estimate of drug-likeness (QED) is 0.574. The van der Waals surface area contributed by atoms with E-state index in [0.29, 0.717) is 9.09 Å². The van der Waals surface area contributed by atoms with Crippen molar-refractivity contribution < 1.29 is 17.9 Å². The van der Waals surface area contributed by atoms with Gasteiger partial charge in [-0.3, -0.25) is 0 Å². The molecule has 0 aliphatic carbocycles. The molecule has 0 saturated heterocycles. The fourth-order valence-electron chi connectivity index (χ4n) is 2.15. The number of halogens is 1. The van der Waals surface area contributed by atoms with Gasteiger partial charge in [0.15, 0.2) is 5.65 Å². The van der Waals surface area contributed by atoms with Crippen molar-refractivity contribution in [2.75, 3.05) is 14.2 Å². The zero-order chi connectivity index (χ0) is 16.6. The highest BCUT2D eigenvalue weighted by atomic mass is 127. The molecule has 1 aromatic carbocycles. The lowest BCUT2D eigenvalue weighted by atomic mass is 10.4. The molecule has 0 radical (unpaired) electrons. The van der Waals surface area contributed by atoms with Crippen LogP contribution < -0.4 is 9.47 Å². The number of ether oxygens (including phenoxy) is 2. The first-order chi connectivity index (χ1) is 11.0. The van der Waals surface area contributed by atoms with Gasteiger partial charge in [0.25, 0.3) is 10.0 Å². The van der Waals surface area contributed by atoms with Crippen molar-refractivity contribution in [1.82, 2.24) is 13.9 Å². The van der Waals surface area contributed by atoms with Crippen LogP contribution in [-0.4, -0.2) is 36.6 Å². The van der Waals surface area contributed by atoms with E-state index in [2.05, 4.69) is 9.97 Å². The molecule has 0 saturated carbocycles. The lowest BCUT2D eigenvalue weighted by Gasteiger charge is -2.09. The Morgan fingerprint density at radius 1 is 1.09 bits per heavy atom. The molecule has 0 aliphatic heterocycles. The number of hydrogen-bond donors (Lipinski definition) is 0. The minimum atomic E-state index is -3.80. The van der Waals surface area contributed by atoms with Gasteiger partial charge in [0, 0.05) is 0 Å². The summed E-state index contributed by atoms with van der Waals surface area (Å²) in [5.74, 6) is 0.256. The van der Waals surface area contributed by atoms with Crippen molar-refractivity contribution >= 4 is 43.6 Å². The summed E-state index contributed by atoms with van der Waals surface area (Å²) in [6.45, 7) is 0. The molecule has 23 heavy (non-hydrogen) atoms. The van der Waals surface area contributed by atoms with Crippen LogP contribution in [0.25, 0.3) is 11.0 Å². The van der Waals surface area contributed by atoms with E-state index in [1.807, 2.05) is 22.6 Å². The molecule has 3 rings (SSSR count). The Kier molecular flexibility index (Phi) is 4.15. The van der Waals surface area contributed by atoms with Gasteiger partial charge in [0.05, 0.1) is 28.2 Å². The Bertz CT molecular complexity index is 971. The summed E-state index contributed by atoms with van der Waals surface area (Å²) in [5, 5.41) is 0.497. The molecular formula is C14H12IN3O4S. The number of hydrogen-bond acceptors (Lipinski definition) is 6. The maximum atomic E-state index is 12.9. The standard InChI is InChI=1S/C14H12IN3O4S/c1-21-13-10-8-11(15)18(12(10)16-14(17-13)22-2)23(19,20)9-6-4-3-5-7-9/h3-8H,1-2H3. The van der Waals surface area contributed by atoms with Crippen LogP contribution in [0.15, 0.2) is 41.3 Å². The molecule has 3 aromatic rings. The van der Waals surface area contributed by atoms with Crippen LogP contribution in [0.4, 0.5) is 0 Å². The van der Waals surface area contributed by atoms with E-state index in [1.54, 1.807) is 24.3 Å². The first kappa shape index (κ1) is 16.0. The molecule has 0 amide bonds. The van der Waals surface area contributed by atoms with Crippen LogP contribution in [-0.2, 0) is 10.0 Å². The minimum absolute atomic E-state index is 0.0355. The van der Waals surface area contributed by atoms with E-state index in [1.165, 1.54) is 26.4 Å². The number of aromatic nitrogens is 3. The van der Waals surface area contributed by atoms with Crippen LogP contribution in [0.3, 0.4) is 0 Å². The highest BCUT2D eigenvalue weighted by Crippen LogP contribution is 2.31. The van der Waals surface area contributed by atoms with Crippen molar-refractivity contribution in [3.05, 3.63) is 40.1 Å². The molecule has 0 N–H and O–H groups in total. The lowest BCUT2D eigenvalue weighted by molar-refractivity contribution is 0.356. The van der Waals surface area contributed by atoms with Gasteiger partial charge in [0.1, 0.15) is 0 Å². The van der Waals surface area contributed by atoms with Gasteiger partial charge in [-0.1, -0.05) is 18.2 Å². The van der Waals surface area contributed by atoms with Crippen molar-refractivity contribution in [1.29, 1.82) is 0 Å². The zero-order valence-corrected chi connectivity index (χ0v) is 15.2. The Labute approximate surface area is 146 Å². The molecule has 0 bridgehead atoms. The number of nitrogens with zero attached hydrogens (tertiary/aromatic N) is 3.